The Labute approximate surface area is 160 Å². The molecular weight excluding hydrogens is 398 g/mol. The zero-order valence-corrected chi connectivity index (χ0v) is 16.0. The Bertz CT molecular complexity index is 861. The first kappa shape index (κ1) is 19.5. The van der Waals surface area contributed by atoms with Crippen molar-refractivity contribution < 1.29 is 14.3 Å². The third-order valence-corrected chi connectivity index (χ3v) is 4.12. The number of carbonyl (C=O) groups is 2. The molecule has 0 aliphatic rings. The first-order valence-corrected chi connectivity index (χ1v) is 8.62. The minimum atomic E-state index is -0.361. The summed E-state index contributed by atoms with van der Waals surface area (Å²) in [5, 5.41) is 11.8. The van der Waals surface area contributed by atoms with Crippen LogP contribution in [0.25, 0.3) is 0 Å². The average Bonchev–Trinajstić information content (AvgIpc) is 2.62. The predicted molar refractivity (Wildman–Crippen MR) is 102 cm³/mol. The number of hydrogen-bond donors (Lipinski definition) is 1. The Kier molecular flexibility index (Phi) is 6.75. The Morgan fingerprint density at radius 3 is 2.69 bits per heavy atom. The van der Waals surface area contributed by atoms with Gasteiger partial charge in [0.05, 0.1) is 12.1 Å². The van der Waals surface area contributed by atoms with E-state index in [2.05, 4.69) is 21.2 Å². The fourth-order valence-electron chi connectivity index (χ4n) is 2.20. The number of halogens is 1. The number of anilines is 1. The van der Waals surface area contributed by atoms with E-state index >= 15 is 0 Å². The second-order valence-electron chi connectivity index (χ2n) is 5.65. The molecule has 0 fully saturated rings. The third-order valence-electron chi connectivity index (χ3n) is 3.63. The van der Waals surface area contributed by atoms with E-state index in [9.17, 15) is 9.59 Å². The minimum absolute atomic E-state index is 0.0996. The van der Waals surface area contributed by atoms with Crippen molar-refractivity contribution in [2.24, 2.45) is 0 Å². The highest BCUT2D eigenvalue weighted by Crippen LogP contribution is 2.20. The van der Waals surface area contributed by atoms with Crippen LogP contribution in [0.5, 0.6) is 5.75 Å². The van der Waals surface area contributed by atoms with Crippen LogP contribution in [0.3, 0.4) is 0 Å². The van der Waals surface area contributed by atoms with Crippen LogP contribution in [-0.4, -0.2) is 36.9 Å². The summed E-state index contributed by atoms with van der Waals surface area (Å²) in [5.41, 5.74) is 1.96. The van der Waals surface area contributed by atoms with E-state index in [1.807, 2.05) is 25.1 Å². The lowest BCUT2D eigenvalue weighted by Crippen LogP contribution is -2.37. The van der Waals surface area contributed by atoms with Crippen LogP contribution >= 0.6 is 15.9 Å². The van der Waals surface area contributed by atoms with Crippen LogP contribution in [0.2, 0.25) is 0 Å². The smallest absolute Gasteiger partial charge is 0.260 e. The van der Waals surface area contributed by atoms with Gasteiger partial charge in [-0.25, -0.2) is 0 Å². The maximum Gasteiger partial charge on any atom is 0.260 e. The molecule has 0 bridgehead atoms. The van der Waals surface area contributed by atoms with Crippen LogP contribution in [-0.2, 0) is 9.59 Å². The maximum atomic E-state index is 12.1. The average molecular weight is 416 g/mol. The Hall–Kier alpha value is -2.85. The summed E-state index contributed by atoms with van der Waals surface area (Å²) < 4.78 is 6.32. The molecule has 0 heterocycles. The van der Waals surface area contributed by atoms with E-state index in [0.29, 0.717) is 17.0 Å². The number of nitrogens with zero attached hydrogens (tertiary/aromatic N) is 2. The van der Waals surface area contributed by atoms with E-state index in [4.69, 9.17) is 10.00 Å². The number of nitriles is 1. The second-order valence-corrected chi connectivity index (χ2v) is 6.57. The lowest BCUT2D eigenvalue weighted by molar-refractivity contribution is -0.135. The highest BCUT2D eigenvalue weighted by Gasteiger charge is 2.15. The molecule has 0 aromatic heterocycles. The SMILES string of the molecule is Cc1cc(Br)ccc1NC(=O)CN(C)C(=O)COc1ccccc1C#N. The fraction of sp³-hybridized carbons (Fsp3) is 0.211. The van der Waals surface area contributed by atoms with Crippen molar-refractivity contribution in [3.63, 3.8) is 0 Å². The molecule has 0 unspecified atom stereocenters. The Morgan fingerprint density at radius 2 is 2.00 bits per heavy atom. The zero-order valence-electron chi connectivity index (χ0n) is 14.5. The van der Waals surface area contributed by atoms with E-state index in [0.717, 1.165) is 10.0 Å². The molecule has 0 radical (unpaired) electrons. The van der Waals surface area contributed by atoms with E-state index in [-0.39, 0.29) is 25.0 Å². The number of hydrogen-bond acceptors (Lipinski definition) is 4. The van der Waals surface area contributed by atoms with Crippen molar-refractivity contribution in [3.05, 3.63) is 58.1 Å². The van der Waals surface area contributed by atoms with Crippen molar-refractivity contribution in [3.8, 4) is 11.8 Å². The van der Waals surface area contributed by atoms with Gasteiger partial charge in [0, 0.05) is 17.2 Å². The van der Waals surface area contributed by atoms with Gasteiger partial charge in [0.1, 0.15) is 11.8 Å². The summed E-state index contributed by atoms with van der Waals surface area (Å²) in [6.07, 6.45) is 0. The molecule has 2 amide bonds. The maximum absolute atomic E-state index is 12.1. The summed E-state index contributed by atoms with van der Waals surface area (Å²) >= 11 is 3.37. The van der Waals surface area contributed by atoms with Crippen molar-refractivity contribution in [1.82, 2.24) is 4.90 Å². The molecule has 134 valence electrons. The van der Waals surface area contributed by atoms with Gasteiger partial charge in [-0.15, -0.1) is 0 Å². The second kappa shape index (κ2) is 9.02. The predicted octanol–water partition coefficient (Wildman–Crippen LogP) is 3.11. The molecule has 26 heavy (non-hydrogen) atoms. The van der Waals surface area contributed by atoms with Gasteiger partial charge in [0.15, 0.2) is 6.61 Å². The molecule has 0 saturated carbocycles. The third kappa shape index (κ3) is 5.33. The number of ether oxygens (including phenoxy) is 1. The van der Waals surface area contributed by atoms with Gasteiger partial charge < -0.3 is 15.0 Å². The molecule has 2 aromatic carbocycles. The molecule has 7 heteroatoms. The van der Waals surface area contributed by atoms with Gasteiger partial charge in [-0.1, -0.05) is 28.1 Å². The van der Waals surface area contributed by atoms with Gasteiger partial charge >= 0.3 is 0 Å². The van der Waals surface area contributed by atoms with Gasteiger partial charge in [-0.05, 0) is 42.8 Å². The van der Waals surface area contributed by atoms with E-state index < -0.39 is 0 Å². The number of amides is 2. The topological polar surface area (TPSA) is 82.4 Å². The largest absolute Gasteiger partial charge is 0.482 e. The first-order valence-electron chi connectivity index (χ1n) is 7.82. The van der Waals surface area contributed by atoms with Crippen LogP contribution in [0.1, 0.15) is 11.1 Å². The number of benzene rings is 2. The quantitative estimate of drug-likeness (QED) is 0.785. The number of para-hydroxylation sites is 1. The zero-order chi connectivity index (χ0) is 19.1. The number of likely N-dealkylation sites (N-methyl/N-ethyl adjacent to an activating group) is 1. The highest BCUT2D eigenvalue weighted by atomic mass is 79.9. The van der Waals surface area contributed by atoms with Crippen LogP contribution in [0.15, 0.2) is 46.9 Å². The molecule has 0 atom stereocenters. The van der Waals surface area contributed by atoms with Gasteiger partial charge in [-0.3, -0.25) is 9.59 Å². The van der Waals surface area contributed by atoms with E-state index in [1.54, 1.807) is 30.3 Å². The summed E-state index contributed by atoms with van der Waals surface area (Å²) in [5.74, 6) is -0.323. The van der Waals surface area contributed by atoms with E-state index in [1.165, 1.54) is 11.9 Å². The van der Waals surface area contributed by atoms with Crippen LogP contribution in [0, 0.1) is 18.3 Å². The van der Waals surface area contributed by atoms with Crippen LogP contribution < -0.4 is 10.1 Å². The van der Waals surface area contributed by atoms with Gasteiger partial charge in [-0.2, -0.15) is 5.26 Å². The molecule has 0 saturated heterocycles. The molecule has 0 spiro atoms. The monoisotopic (exact) mass is 415 g/mol. The standard InChI is InChI=1S/C19H18BrN3O3/c1-13-9-15(20)7-8-16(13)22-18(24)11-23(2)19(25)12-26-17-6-4-3-5-14(17)10-21/h3-9H,11-12H2,1-2H3,(H,22,24). The molecule has 2 aromatic rings. The van der Waals surface area contributed by atoms with Crippen molar-refractivity contribution >= 4 is 33.4 Å². The molecular formula is C19H18BrN3O3. The minimum Gasteiger partial charge on any atom is -0.482 e. The summed E-state index contributed by atoms with van der Waals surface area (Å²) in [7, 11) is 1.52. The molecule has 6 nitrogen and oxygen atoms in total. The van der Waals surface area contributed by atoms with Crippen molar-refractivity contribution in [2.45, 2.75) is 6.92 Å². The molecule has 0 aliphatic heterocycles. The number of carbonyl (C=O) groups excluding carboxylic acids is 2. The number of aryl methyl sites for hydroxylation is 1. The summed E-state index contributed by atoms with van der Waals surface area (Å²) in [6, 6.07) is 14.2. The molecule has 2 rings (SSSR count). The van der Waals surface area contributed by atoms with Crippen molar-refractivity contribution in [1.29, 1.82) is 5.26 Å². The molecule has 1 N–H and O–H groups in total. The van der Waals surface area contributed by atoms with Gasteiger partial charge in [0.2, 0.25) is 5.91 Å². The lowest BCUT2D eigenvalue weighted by atomic mass is 10.2. The Balaban J connectivity index is 1.88. The number of rotatable bonds is 6. The first-order chi connectivity index (χ1) is 12.4. The molecule has 0 aliphatic carbocycles. The Morgan fingerprint density at radius 1 is 1.27 bits per heavy atom. The highest BCUT2D eigenvalue weighted by molar-refractivity contribution is 9.10. The lowest BCUT2D eigenvalue weighted by Gasteiger charge is -2.18. The van der Waals surface area contributed by atoms with Crippen LogP contribution in [0.4, 0.5) is 5.69 Å². The van der Waals surface area contributed by atoms with Crippen molar-refractivity contribution in [2.75, 3.05) is 25.5 Å². The summed E-state index contributed by atoms with van der Waals surface area (Å²) in [6.45, 7) is 1.53. The van der Waals surface area contributed by atoms with Gasteiger partial charge in [0.25, 0.3) is 5.91 Å². The normalized spacial score (nSPS) is 9.92. The number of nitrogens with one attached hydrogen (secondary N) is 1. The fourth-order valence-corrected chi connectivity index (χ4v) is 2.67. The summed E-state index contributed by atoms with van der Waals surface area (Å²) in [4.78, 5) is 25.6.